The molecule has 0 amide bonds. The van der Waals surface area contributed by atoms with Crippen molar-refractivity contribution in [2.75, 3.05) is 6.54 Å². The minimum Gasteiger partial charge on any atom is -0.390 e. The van der Waals surface area contributed by atoms with E-state index in [1.807, 2.05) is 0 Å². The average molecular weight is 184 g/mol. The monoisotopic (exact) mass is 183 g/mol. The Kier molecular flexibility index (Phi) is 6.03. The van der Waals surface area contributed by atoms with E-state index in [9.17, 15) is 0 Å². The van der Waals surface area contributed by atoms with Crippen molar-refractivity contribution < 1.29 is 5.11 Å². The van der Waals surface area contributed by atoms with Crippen LogP contribution in [0.25, 0.3) is 0 Å². The standard InChI is InChI=1S/C5H13NO.BrH/c1-5(2,7)3-4-6;/h7H,3-4,6H2,1-2H3;1H. The lowest BCUT2D eigenvalue weighted by Gasteiger charge is -2.13. The Hall–Kier alpha value is 0.400. The minimum absolute atomic E-state index is 0. The zero-order chi connectivity index (χ0) is 5.91. The third kappa shape index (κ3) is 9.64. The number of hydrogen-bond acceptors (Lipinski definition) is 2. The van der Waals surface area contributed by atoms with E-state index in [1.54, 1.807) is 13.8 Å². The van der Waals surface area contributed by atoms with E-state index >= 15 is 0 Å². The first-order valence-corrected chi connectivity index (χ1v) is 2.49. The summed E-state index contributed by atoms with van der Waals surface area (Å²) < 4.78 is 0. The Morgan fingerprint density at radius 3 is 1.88 bits per heavy atom. The fourth-order valence-corrected chi connectivity index (χ4v) is 0.353. The van der Waals surface area contributed by atoms with Crippen molar-refractivity contribution in [2.24, 2.45) is 5.73 Å². The summed E-state index contributed by atoms with van der Waals surface area (Å²) in [6, 6.07) is 0. The highest BCUT2D eigenvalue weighted by Gasteiger charge is 2.08. The molecule has 0 bridgehead atoms. The second-order valence-corrected chi connectivity index (χ2v) is 2.35. The fourth-order valence-electron chi connectivity index (χ4n) is 0.353. The molecule has 3 N–H and O–H groups in total. The maximum Gasteiger partial charge on any atom is 0.0603 e. The number of rotatable bonds is 2. The summed E-state index contributed by atoms with van der Waals surface area (Å²) in [4.78, 5) is 0. The van der Waals surface area contributed by atoms with Gasteiger partial charge in [-0.3, -0.25) is 0 Å². The van der Waals surface area contributed by atoms with Crippen LogP contribution in [-0.2, 0) is 0 Å². The lowest BCUT2D eigenvalue weighted by Crippen LogP contribution is -2.22. The molecule has 0 rings (SSSR count). The first-order valence-electron chi connectivity index (χ1n) is 2.49. The van der Waals surface area contributed by atoms with Gasteiger partial charge in [-0.1, -0.05) is 0 Å². The van der Waals surface area contributed by atoms with Gasteiger partial charge >= 0.3 is 0 Å². The number of aliphatic hydroxyl groups is 1. The van der Waals surface area contributed by atoms with E-state index in [2.05, 4.69) is 0 Å². The molecule has 8 heavy (non-hydrogen) atoms. The van der Waals surface area contributed by atoms with Gasteiger partial charge in [0, 0.05) is 0 Å². The van der Waals surface area contributed by atoms with Crippen LogP contribution >= 0.6 is 17.0 Å². The van der Waals surface area contributed by atoms with E-state index in [1.165, 1.54) is 0 Å². The van der Waals surface area contributed by atoms with Crippen molar-refractivity contribution in [2.45, 2.75) is 25.9 Å². The fraction of sp³-hybridized carbons (Fsp3) is 1.00. The largest absolute Gasteiger partial charge is 0.390 e. The second-order valence-electron chi connectivity index (χ2n) is 2.35. The maximum atomic E-state index is 8.94. The van der Waals surface area contributed by atoms with Crippen molar-refractivity contribution in [1.82, 2.24) is 0 Å². The minimum atomic E-state index is -0.575. The molecular weight excluding hydrogens is 170 g/mol. The van der Waals surface area contributed by atoms with Crippen LogP contribution in [0.5, 0.6) is 0 Å². The molecule has 0 aromatic rings. The smallest absolute Gasteiger partial charge is 0.0603 e. The van der Waals surface area contributed by atoms with Gasteiger partial charge in [0.1, 0.15) is 0 Å². The summed E-state index contributed by atoms with van der Waals surface area (Å²) in [6.45, 7) is 4.06. The summed E-state index contributed by atoms with van der Waals surface area (Å²) in [6.07, 6.45) is 0.674. The van der Waals surface area contributed by atoms with Crippen molar-refractivity contribution in [3.63, 3.8) is 0 Å². The Balaban J connectivity index is 0. The van der Waals surface area contributed by atoms with E-state index in [4.69, 9.17) is 10.8 Å². The van der Waals surface area contributed by atoms with Crippen molar-refractivity contribution in [3.8, 4) is 0 Å². The third-order valence-corrected chi connectivity index (χ3v) is 0.756. The zero-order valence-corrected chi connectivity index (χ0v) is 7.06. The number of nitrogens with two attached hydrogens (primary N) is 1. The van der Waals surface area contributed by atoms with Crippen molar-refractivity contribution in [3.05, 3.63) is 0 Å². The first-order chi connectivity index (χ1) is 3.06. The summed E-state index contributed by atoms with van der Waals surface area (Å²) in [5.74, 6) is 0. The Labute approximate surface area is 60.8 Å². The van der Waals surface area contributed by atoms with Gasteiger partial charge in [0.2, 0.25) is 0 Å². The Morgan fingerprint density at radius 2 is 1.88 bits per heavy atom. The lowest BCUT2D eigenvalue weighted by atomic mass is 10.1. The van der Waals surface area contributed by atoms with Gasteiger partial charge in [-0.25, -0.2) is 0 Å². The Morgan fingerprint density at radius 1 is 1.50 bits per heavy atom. The molecule has 0 saturated carbocycles. The van der Waals surface area contributed by atoms with Gasteiger partial charge in [0.05, 0.1) is 5.60 Å². The molecule has 2 nitrogen and oxygen atoms in total. The van der Waals surface area contributed by atoms with Crippen LogP contribution in [0.2, 0.25) is 0 Å². The number of halogens is 1. The molecule has 0 spiro atoms. The predicted molar refractivity (Wildman–Crippen MR) is 40.3 cm³/mol. The van der Waals surface area contributed by atoms with Crippen LogP contribution < -0.4 is 5.73 Å². The van der Waals surface area contributed by atoms with Gasteiger partial charge in [-0.2, -0.15) is 0 Å². The molecule has 0 saturated heterocycles. The molecular formula is C5H14BrNO. The van der Waals surface area contributed by atoms with Crippen molar-refractivity contribution >= 4 is 17.0 Å². The van der Waals surface area contributed by atoms with Gasteiger partial charge in [-0.05, 0) is 26.8 Å². The highest BCUT2D eigenvalue weighted by atomic mass is 79.9. The highest BCUT2D eigenvalue weighted by molar-refractivity contribution is 8.93. The zero-order valence-electron chi connectivity index (χ0n) is 5.35. The topological polar surface area (TPSA) is 46.2 Å². The average Bonchev–Trinajstić information content (AvgIpc) is 1.30. The van der Waals surface area contributed by atoms with Crippen LogP contribution in [0.1, 0.15) is 20.3 Å². The van der Waals surface area contributed by atoms with Crippen LogP contribution in [0.15, 0.2) is 0 Å². The summed E-state index contributed by atoms with van der Waals surface area (Å²) in [5, 5.41) is 8.94. The highest BCUT2D eigenvalue weighted by Crippen LogP contribution is 2.03. The van der Waals surface area contributed by atoms with Gasteiger partial charge in [0.25, 0.3) is 0 Å². The summed E-state index contributed by atoms with van der Waals surface area (Å²) in [7, 11) is 0. The van der Waals surface area contributed by atoms with E-state index in [0.717, 1.165) is 0 Å². The molecule has 52 valence electrons. The summed E-state index contributed by atoms with van der Waals surface area (Å²) in [5.41, 5.74) is 4.58. The Bertz CT molecular complexity index is 50.9. The first kappa shape index (κ1) is 11.2. The van der Waals surface area contributed by atoms with Gasteiger partial charge in [-0.15, -0.1) is 17.0 Å². The van der Waals surface area contributed by atoms with E-state index < -0.39 is 5.60 Å². The maximum absolute atomic E-state index is 8.94. The summed E-state index contributed by atoms with van der Waals surface area (Å²) >= 11 is 0. The van der Waals surface area contributed by atoms with Crippen LogP contribution in [0.4, 0.5) is 0 Å². The molecule has 0 heterocycles. The molecule has 0 aliphatic heterocycles. The molecule has 0 radical (unpaired) electrons. The van der Waals surface area contributed by atoms with E-state index in [-0.39, 0.29) is 17.0 Å². The molecule has 0 aliphatic carbocycles. The SMILES string of the molecule is Br.CC(C)(O)CCN. The van der Waals surface area contributed by atoms with Crippen LogP contribution in [0.3, 0.4) is 0 Å². The molecule has 3 heteroatoms. The molecule has 0 unspecified atom stereocenters. The lowest BCUT2D eigenvalue weighted by molar-refractivity contribution is 0.0737. The molecule has 0 fully saturated rings. The molecule has 0 aromatic carbocycles. The molecule has 0 aliphatic rings. The van der Waals surface area contributed by atoms with Crippen LogP contribution in [-0.4, -0.2) is 17.3 Å². The molecule has 0 atom stereocenters. The van der Waals surface area contributed by atoms with Crippen molar-refractivity contribution in [1.29, 1.82) is 0 Å². The molecule has 0 aromatic heterocycles. The number of hydrogen-bond donors (Lipinski definition) is 2. The quantitative estimate of drug-likeness (QED) is 0.662. The van der Waals surface area contributed by atoms with Gasteiger partial charge < -0.3 is 10.8 Å². The van der Waals surface area contributed by atoms with Crippen LogP contribution in [0, 0.1) is 0 Å². The predicted octanol–water partition coefficient (Wildman–Crippen LogP) is 0.684. The third-order valence-electron chi connectivity index (χ3n) is 0.756. The second kappa shape index (κ2) is 4.30. The van der Waals surface area contributed by atoms with E-state index in [0.29, 0.717) is 13.0 Å². The van der Waals surface area contributed by atoms with Gasteiger partial charge in [0.15, 0.2) is 0 Å². The normalized spacial score (nSPS) is 10.5.